The fraction of sp³-hybridized carbons (Fsp3) is 0.261. The maximum Gasteiger partial charge on any atom is 0.130 e. The Hall–Kier alpha value is -3.12. The number of halogens is 1. The number of ether oxygens (including phenoxy) is 1. The van der Waals surface area contributed by atoms with Crippen LogP contribution in [-0.2, 0) is 0 Å². The van der Waals surface area contributed by atoms with Crippen LogP contribution in [0.2, 0.25) is 0 Å². The lowest BCUT2D eigenvalue weighted by Gasteiger charge is -2.23. The third-order valence-corrected chi connectivity index (χ3v) is 5.06. The largest absolute Gasteiger partial charge is 0.496 e. The van der Waals surface area contributed by atoms with Crippen LogP contribution in [0.1, 0.15) is 6.42 Å². The molecule has 2 aromatic carbocycles. The Morgan fingerprint density at radius 1 is 1.07 bits per heavy atom. The summed E-state index contributed by atoms with van der Waals surface area (Å²) in [5.74, 6) is 0.904. The average molecular weight is 392 g/mol. The van der Waals surface area contributed by atoms with Crippen molar-refractivity contribution in [1.82, 2.24) is 10.3 Å². The number of pyridine rings is 1. The minimum atomic E-state index is -0.321. The van der Waals surface area contributed by atoms with Crippen LogP contribution in [0, 0.1) is 5.82 Å². The second kappa shape index (κ2) is 8.92. The highest BCUT2D eigenvalue weighted by atomic mass is 19.1. The fourth-order valence-electron chi connectivity index (χ4n) is 3.60. The molecule has 1 aliphatic heterocycles. The van der Waals surface area contributed by atoms with E-state index in [9.17, 15) is 4.39 Å². The number of benzene rings is 2. The molecule has 0 amide bonds. The van der Waals surface area contributed by atoms with Gasteiger partial charge in [-0.2, -0.15) is 0 Å². The van der Waals surface area contributed by atoms with Crippen LogP contribution >= 0.6 is 0 Å². The molecule has 6 heteroatoms. The summed E-state index contributed by atoms with van der Waals surface area (Å²) in [5.41, 5.74) is 3.92. The van der Waals surface area contributed by atoms with E-state index >= 15 is 0 Å². The van der Waals surface area contributed by atoms with Crippen molar-refractivity contribution in [1.29, 1.82) is 0 Å². The monoisotopic (exact) mass is 392 g/mol. The number of methoxy groups -OCH3 is 1. The molecule has 1 fully saturated rings. The van der Waals surface area contributed by atoms with Crippen molar-refractivity contribution in [2.75, 3.05) is 43.5 Å². The van der Waals surface area contributed by atoms with Gasteiger partial charge in [0.1, 0.15) is 17.4 Å². The molecule has 0 radical (unpaired) electrons. The maximum absolute atomic E-state index is 13.5. The second-order valence-electron chi connectivity index (χ2n) is 7.04. The number of aromatic nitrogens is 1. The molecule has 4 rings (SSSR count). The smallest absolute Gasteiger partial charge is 0.130 e. The zero-order valence-electron chi connectivity index (χ0n) is 16.5. The first-order chi connectivity index (χ1) is 14.2. The van der Waals surface area contributed by atoms with Crippen molar-refractivity contribution in [2.24, 2.45) is 0 Å². The van der Waals surface area contributed by atoms with Crippen LogP contribution in [0.15, 0.2) is 60.8 Å². The van der Waals surface area contributed by atoms with Crippen LogP contribution in [-0.4, -0.2) is 38.3 Å². The molecule has 150 valence electrons. The van der Waals surface area contributed by atoms with Gasteiger partial charge in [-0.1, -0.05) is 6.07 Å². The summed E-state index contributed by atoms with van der Waals surface area (Å²) >= 11 is 0. The number of hydrogen-bond acceptors (Lipinski definition) is 5. The van der Waals surface area contributed by atoms with Crippen molar-refractivity contribution in [3.63, 3.8) is 0 Å². The Morgan fingerprint density at radius 3 is 2.90 bits per heavy atom. The first-order valence-corrected chi connectivity index (χ1v) is 9.86. The Balaban J connectivity index is 1.56. The van der Waals surface area contributed by atoms with E-state index in [2.05, 4.69) is 38.7 Å². The molecule has 2 heterocycles. The summed E-state index contributed by atoms with van der Waals surface area (Å²) in [6.45, 7) is 4.12. The minimum Gasteiger partial charge on any atom is -0.496 e. The van der Waals surface area contributed by atoms with E-state index < -0.39 is 0 Å². The standard InChI is InChI=1S/C23H25FN4O/c1-29-22-15-18(24)6-7-21(22)17-8-10-26-23(14-17)27-19-4-2-5-20(16-19)28-12-3-9-25-11-13-28/h2,4-8,10,14-16,25H,3,9,11-13H2,1H3,(H,26,27). The topological polar surface area (TPSA) is 49.4 Å². The summed E-state index contributed by atoms with van der Waals surface area (Å²) in [7, 11) is 1.54. The minimum absolute atomic E-state index is 0.321. The zero-order chi connectivity index (χ0) is 20.1. The molecule has 1 saturated heterocycles. The summed E-state index contributed by atoms with van der Waals surface area (Å²) in [5, 5.41) is 6.82. The summed E-state index contributed by atoms with van der Waals surface area (Å²) < 4.78 is 18.9. The number of hydrogen-bond donors (Lipinski definition) is 2. The van der Waals surface area contributed by atoms with Gasteiger partial charge in [-0.05, 0) is 61.0 Å². The van der Waals surface area contributed by atoms with E-state index in [1.807, 2.05) is 18.2 Å². The molecule has 0 aliphatic carbocycles. The first kappa shape index (κ1) is 19.2. The van der Waals surface area contributed by atoms with Crippen LogP contribution in [0.5, 0.6) is 5.75 Å². The predicted molar refractivity (Wildman–Crippen MR) is 116 cm³/mol. The van der Waals surface area contributed by atoms with Gasteiger partial charge in [0.05, 0.1) is 7.11 Å². The molecule has 0 unspecified atom stereocenters. The van der Waals surface area contributed by atoms with Gasteiger partial charge >= 0.3 is 0 Å². The fourth-order valence-corrected chi connectivity index (χ4v) is 3.60. The molecule has 3 aromatic rings. The second-order valence-corrected chi connectivity index (χ2v) is 7.04. The van der Waals surface area contributed by atoms with Gasteiger partial charge in [-0.25, -0.2) is 9.37 Å². The van der Waals surface area contributed by atoms with E-state index in [0.29, 0.717) is 5.75 Å². The molecule has 2 N–H and O–H groups in total. The maximum atomic E-state index is 13.5. The quantitative estimate of drug-likeness (QED) is 0.672. The Kier molecular flexibility index (Phi) is 5.91. The van der Waals surface area contributed by atoms with Gasteiger partial charge in [-0.3, -0.25) is 0 Å². The lowest BCUT2D eigenvalue weighted by Crippen LogP contribution is -2.27. The normalized spacial score (nSPS) is 14.3. The summed E-state index contributed by atoms with van der Waals surface area (Å²) in [6.07, 6.45) is 2.88. The Bertz CT molecular complexity index is 971. The molecule has 0 saturated carbocycles. The van der Waals surface area contributed by atoms with Crippen molar-refractivity contribution in [3.8, 4) is 16.9 Å². The highest BCUT2D eigenvalue weighted by molar-refractivity contribution is 5.74. The van der Waals surface area contributed by atoms with E-state index in [0.717, 1.165) is 55.2 Å². The molecule has 0 atom stereocenters. The van der Waals surface area contributed by atoms with E-state index in [-0.39, 0.29) is 5.82 Å². The third-order valence-electron chi connectivity index (χ3n) is 5.06. The molecule has 1 aliphatic rings. The molecular weight excluding hydrogens is 367 g/mol. The van der Waals surface area contributed by atoms with Crippen LogP contribution in [0.4, 0.5) is 21.6 Å². The predicted octanol–water partition coefficient (Wildman–Crippen LogP) is 4.44. The molecule has 29 heavy (non-hydrogen) atoms. The molecular formula is C23H25FN4O. The van der Waals surface area contributed by atoms with Gasteiger partial charge in [0, 0.05) is 48.8 Å². The Labute approximate surface area is 170 Å². The zero-order valence-corrected chi connectivity index (χ0v) is 16.5. The van der Waals surface area contributed by atoms with E-state index in [1.165, 1.54) is 17.8 Å². The lowest BCUT2D eigenvalue weighted by atomic mass is 10.1. The SMILES string of the molecule is COc1cc(F)ccc1-c1ccnc(Nc2cccc(N3CCCNCC3)c2)c1. The third kappa shape index (κ3) is 4.66. The summed E-state index contributed by atoms with van der Waals surface area (Å²) in [6, 6.07) is 16.8. The van der Waals surface area contributed by atoms with Crippen molar-refractivity contribution < 1.29 is 9.13 Å². The van der Waals surface area contributed by atoms with Gasteiger partial charge in [0.15, 0.2) is 0 Å². The van der Waals surface area contributed by atoms with E-state index in [4.69, 9.17) is 4.74 Å². The van der Waals surface area contributed by atoms with Crippen LogP contribution < -0.4 is 20.3 Å². The molecule has 0 bridgehead atoms. The van der Waals surface area contributed by atoms with Gasteiger partial charge in [0.2, 0.25) is 0 Å². The first-order valence-electron chi connectivity index (χ1n) is 9.86. The number of rotatable bonds is 5. The van der Waals surface area contributed by atoms with Crippen molar-refractivity contribution in [3.05, 3.63) is 66.6 Å². The van der Waals surface area contributed by atoms with Gasteiger partial charge in [0.25, 0.3) is 0 Å². The number of anilines is 3. The Morgan fingerprint density at radius 2 is 2.00 bits per heavy atom. The van der Waals surface area contributed by atoms with Crippen molar-refractivity contribution >= 4 is 17.2 Å². The van der Waals surface area contributed by atoms with Crippen LogP contribution in [0.3, 0.4) is 0 Å². The van der Waals surface area contributed by atoms with E-state index in [1.54, 1.807) is 19.4 Å². The molecule has 1 aromatic heterocycles. The van der Waals surface area contributed by atoms with Crippen LogP contribution in [0.25, 0.3) is 11.1 Å². The van der Waals surface area contributed by atoms with Gasteiger partial charge < -0.3 is 20.3 Å². The van der Waals surface area contributed by atoms with Gasteiger partial charge in [-0.15, -0.1) is 0 Å². The molecule has 5 nitrogen and oxygen atoms in total. The number of nitrogens with zero attached hydrogens (tertiary/aromatic N) is 2. The summed E-state index contributed by atoms with van der Waals surface area (Å²) in [4.78, 5) is 6.84. The highest BCUT2D eigenvalue weighted by Gasteiger charge is 2.11. The lowest BCUT2D eigenvalue weighted by molar-refractivity contribution is 0.413. The van der Waals surface area contributed by atoms with Crippen molar-refractivity contribution in [2.45, 2.75) is 6.42 Å². The highest BCUT2D eigenvalue weighted by Crippen LogP contribution is 2.32. The number of nitrogens with one attached hydrogen (secondary N) is 2. The average Bonchev–Trinajstić information content (AvgIpc) is 3.04. The molecule has 0 spiro atoms.